The lowest BCUT2D eigenvalue weighted by atomic mass is 10.1. The summed E-state index contributed by atoms with van der Waals surface area (Å²) in [5, 5.41) is 0.618. The molecule has 1 atom stereocenters. The van der Waals surface area contributed by atoms with Crippen LogP contribution in [-0.2, 0) is 12.7 Å². The van der Waals surface area contributed by atoms with Crippen molar-refractivity contribution in [2.45, 2.75) is 30.1 Å². The standard InChI is InChI=1S/C15H15F3N6S/c1-7(10-2-9-8(4-19)5-21-11(9)6-22-10)25-14-23-12(15(16,17)18)3-13(20)24-14/h2-3,5-7,21H,4,19H2,1H3,(H2,20,23,24). The van der Waals surface area contributed by atoms with E-state index in [0.29, 0.717) is 18.3 Å². The Morgan fingerprint density at radius 2 is 2.04 bits per heavy atom. The van der Waals surface area contributed by atoms with Gasteiger partial charge in [0.1, 0.15) is 5.82 Å². The van der Waals surface area contributed by atoms with E-state index in [9.17, 15) is 13.2 Å². The lowest BCUT2D eigenvalue weighted by Gasteiger charge is -2.12. The normalized spacial score (nSPS) is 13.3. The molecule has 0 saturated heterocycles. The number of hydrogen-bond donors (Lipinski definition) is 3. The third kappa shape index (κ3) is 3.69. The van der Waals surface area contributed by atoms with E-state index < -0.39 is 11.9 Å². The topological polar surface area (TPSA) is 106 Å². The van der Waals surface area contributed by atoms with Crippen molar-refractivity contribution in [3.63, 3.8) is 0 Å². The first-order valence-corrected chi connectivity index (χ1v) is 8.20. The third-order valence-electron chi connectivity index (χ3n) is 3.61. The molecule has 0 bridgehead atoms. The Morgan fingerprint density at radius 1 is 1.28 bits per heavy atom. The van der Waals surface area contributed by atoms with Crippen molar-refractivity contribution in [3.05, 3.63) is 41.5 Å². The average molecular weight is 368 g/mol. The number of nitrogens with two attached hydrogens (primary N) is 2. The Balaban J connectivity index is 1.89. The van der Waals surface area contributed by atoms with Crippen LogP contribution >= 0.6 is 11.8 Å². The number of rotatable bonds is 4. The van der Waals surface area contributed by atoms with Crippen LogP contribution < -0.4 is 11.5 Å². The number of anilines is 1. The molecule has 0 aliphatic carbocycles. The Morgan fingerprint density at radius 3 is 2.72 bits per heavy atom. The molecule has 0 spiro atoms. The minimum atomic E-state index is -4.58. The summed E-state index contributed by atoms with van der Waals surface area (Å²) in [7, 11) is 0. The van der Waals surface area contributed by atoms with E-state index >= 15 is 0 Å². The Kier molecular flexibility index (Phi) is 4.56. The number of nitrogens with zero attached hydrogens (tertiary/aromatic N) is 3. The van der Waals surface area contributed by atoms with Crippen LogP contribution in [0.4, 0.5) is 19.0 Å². The van der Waals surface area contributed by atoms with Crippen molar-refractivity contribution in [1.82, 2.24) is 19.9 Å². The number of nitrogen functional groups attached to an aromatic ring is 1. The molecule has 6 nitrogen and oxygen atoms in total. The molecule has 0 aliphatic rings. The van der Waals surface area contributed by atoms with Gasteiger partial charge in [0.05, 0.1) is 22.7 Å². The van der Waals surface area contributed by atoms with Crippen LogP contribution in [0.25, 0.3) is 10.9 Å². The summed E-state index contributed by atoms with van der Waals surface area (Å²) >= 11 is 1.06. The van der Waals surface area contributed by atoms with E-state index in [4.69, 9.17) is 11.5 Å². The van der Waals surface area contributed by atoms with Gasteiger partial charge in [0, 0.05) is 24.2 Å². The molecule has 132 valence electrons. The Hall–Kier alpha value is -2.33. The average Bonchev–Trinajstić information content (AvgIpc) is 2.95. The summed E-state index contributed by atoms with van der Waals surface area (Å²) in [6.45, 7) is 2.19. The molecular formula is C15H15F3N6S. The zero-order valence-electron chi connectivity index (χ0n) is 13.1. The fourth-order valence-electron chi connectivity index (χ4n) is 2.35. The number of nitrogens with one attached hydrogen (secondary N) is 1. The van der Waals surface area contributed by atoms with Gasteiger partial charge >= 0.3 is 6.18 Å². The molecule has 0 fully saturated rings. The molecular weight excluding hydrogens is 353 g/mol. The number of fused-ring (bicyclic) bond motifs is 1. The van der Waals surface area contributed by atoms with Crippen LogP contribution in [0.5, 0.6) is 0 Å². The Labute approximate surface area is 145 Å². The van der Waals surface area contributed by atoms with E-state index in [0.717, 1.165) is 28.2 Å². The first kappa shape index (κ1) is 17.5. The van der Waals surface area contributed by atoms with Crippen LogP contribution in [0, 0.1) is 0 Å². The molecule has 3 aromatic rings. The van der Waals surface area contributed by atoms with E-state index in [2.05, 4.69) is 19.9 Å². The number of aromatic amines is 1. The van der Waals surface area contributed by atoms with Gasteiger partial charge in [-0.15, -0.1) is 0 Å². The van der Waals surface area contributed by atoms with Gasteiger partial charge in [-0.2, -0.15) is 13.2 Å². The van der Waals surface area contributed by atoms with Crippen LogP contribution in [0.15, 0.2) is 29.7 Å². The van der Waals surface area contributed by atoms with Gasteiger partial charge in [0.25, 0.3) is 0 Å². The number of H-pyrrole nitrogens is 1. The lowest BCUT2D eigenvalue weighted by molar-refractivity contribution is -0.141. The number of halogens is 3. The number of aromatic nitrogens is 4. The van der Waals surface area contributed by atoms with Gasteiger partial charge in [-0.05, 0) is 18.6 Å². The Bertz CT molecular complexity index is 908. The van der Waals surface area contributed by atoms with Crippen molar-refractivity contribution in [3.8, 4) is 0 Å². The van der Waals surface area contributed by atoms with E-state index in [1.807, 2.05) is 19.2 Å². The second-order valence-corrected chi connectivity index (χ2v) is 6.70. The lowest BCUT2D eigenvalue weighted by Crippen LogP contribution is -2.11. The predicted molar refractivity (Wildman–Crippen MR) is 89.7 cm³/mol. The van der Waals surface area contributed by atoms with Crippen molar-refractivity contribution in [2.75, 3.05) is 5.73 Å². The molecule has 0 radical (unpaired) electrons. The van der Waals surface area contributed by atoms with E-state index in [-0.39, 0.29) is 16.2 Å². The molecule has 0 amide bonds. The van der Waals surface area contributed by atoms with Crippen LogP contribution in [0.1, 0.15) is 29.1 Å². The summed E-state index contributed by atoms with van der Waals surface area (Å²) in [6, 6.07) is 2.58. The zero-order chi connectivity index (χ0) is 18.2. The monoisotopic (exact) mass is 368 g/mol. The molecule has 25 heavy (non-hydrogen) atoms. The molecule has 0 saturated carbocycles. The smallest absolute Gasteiger partial charge is 0.384 e. The summed E-state index contributed by atoms with van der Waals surface area (Å²) in [4.78, 5) is 14.8. The summed E-state index contributed by atoms with van der Waals surface area (Å²) in [5.41, 5.74) is 12.6. The van der Waals surface area contributed by atoms with Crippen LogP contribution in [0.2, 0.25) is 0 Å². The summed E-state index contributed by atoms with van der Waals surface area (Å²) in [5.74, 6) is -0.225. The quantitative estimate of drug-likeness (QED) is 0.482. The molecule has 5 N–H and O–H groups in total. The highest BCUT2D eigenvalue weighted by molar-refractivity contribution is 7.99. The predicted octanol–water partition coefficient (Wildman–Crippen LogP) is 3.27. The molecule has 0 aromatic carbocycles. The van der Waals surface area contributed by atoms with Gasteiger partial charge in [-0.1, -0.05) is 11.8 Å². The SMILES string of the molecule is CC(Sc1nc(N)cc(C(F)(F)F)n1)c1cc2c(CN)c[nH]c2cn1. The highest BCUT2D eigenvalue weighted by Crippen LogP contribution is 2.36. The molecule has 3 rings (SSSR count). The summed E-state index contributed by atoms with van der Waals surface area (Å²) < 4.78 is 38.5. The first-order chi connectivity index (χ1) is 11.8. The second-order valence-electron chi connectivity index (χ2n) is 5.39. The molecule has 10 heteroatoms. The zero-order valence-corrected chi connectivity index (χ0v) is 13.9. The number of pyridine rings is 1. The minimum Gasteiger partial charge on any atom is -0.384 e. The maximum Gasteiger partial charge on any atom is 0.433 e. The van der Waals surface area contributed by atoms with Gasteiger partial charge < -0.3 is 16.5 Å². The van der Waals surface area contributed by atoms with E-state index in [1.54, 1.807) is 6.20 Å². The molecule has 3 aromatic heterocycles. The van der Waals surface area contributed by atoms with Crippen molar-refractivity contribution >= 4 is 28.5 Å². The molecule has 0 aliphatic heterocycles. The van der Waals surface area contributed by atoms with Gasteiger partial charge in [-0.25, -0.2) is 9.97 Å². The first-order valence-electron chi connectivity index (χ1n) is 7.32. The number of alkyl halides is 3. The van der Waals surface area contributed by atoms with Gasteiger partial charge in [0.2, 0.25) is 0 Å². The van der Waals surface area contributed by atoms with E-state index in [1.165, 1.54) is 0 Å². The highest BCUT2D eigenvalue weighted by atomic mass is 32.2. The second kappa shape index (κ2) is 6.52. The summed E-state index contributed by atoms with van der Waals surface area (Å²) in [6.07, 6.45) is -1.10. The van der Waals surface area contributed by atoms with Gasteiger partial charge in [-0.3, -0.25) is 4.98 Å². The number of hydrogen-bond acceptors (Lipinski definition) is 6. The van der Waals surface area contributed by atoms with Crippen LogP contribution in [0.3, 0.4) is 0 Å². The maximum absolute atomic E-state index is 12.8. The fraction of sp³-hybridized carbons (Fsp3) is 0.267. The van der Waals surface area contributed by atoms with Crippen molar-refractivity contribution in [2.24, 2.45) is 5.73 Å². The van der Waals surface area contributed by atoms with Crippen molar-refractivity contribution in [1.29, 1.82) is 0 Å². The maximum atomic E-state index is 12.8. The number of thioether (sulfide) groups is 1. The van der Waals surface area contributed by atoms with Gasteiger partial charge in [0.15, 0.2) is 10.9 Å². The minimum absolute atomic E-state index is 0.0464. The highest BCUT2D eigenvalue weighted by Gasteiger charge is 2.33. The third-order valence-corrected chi connectivity index (χ3v) is 4.60. The molecule has 3 heterocycles. The molecule has 1 unspecified atom stereocenters. The van der Waals surface area contributed by atoms with Crippen molar-refractivity contribution < 1.29 is 13.2 Å². The largest absolute Gasteiger partial charge is 0.433 e. The van der Waals surface area contributed by atoms with Crippen LogP contribution in [-0.4, -0.2) is 19.9 Å². The fourth-order valence-corrected chi connectivity index (χ4v) is 3.22.